The molecule has 0 aliphatic carbocycles. The average Bonchev–Trinajstić information content (AvgIpc) is 3.52. The predicted octanol–water partition coefficient (Wildman–Crippen LogP) is 3.99. The Labute approximate surface area is 242 Å². The summed E-state index contributed by atoms with van der Waals surface area (Å²) in [4.78, 5) is 32.5. The number of rotatable bonds is 6. The topological polar surface area (TPSA) is 80.8 Å². The van der Waals surface area contributed by atoms with E-state index in [1.807, 2.05) is 6.20 Å². The molecule has 1 aromatic carbocycles. The molecule has 3 aromatic rings. The first kappa shape index (κ1) is 28.3. The van der Waals surface area contributed by atoms with Crippen LogP contribution in [0.15, 0.2) is 30.7 Å². The molecule has 0 saturated carbocycles. The van der Waals surface area contributed by atoms with Gasteiger partial charge in [0.25, 0.3) is 11.8 Å². The third-order valence-corrected chi connectivity index (χ3v) is 8.82. The average molecular weight is 584 g/mol. The van der Waals surface area contributed by atoms with E-state index in [-0.39, 0.29) is 25.6 Å². The van der Waals surface area contributed by atoms with E-state index < -0.39 is 23.7 Å². The molecule has 0 unspecified atom stereocenters. The van der Waals surface area contributed by atoms with Gasteiger partial charge in [-0.15, -0.1) is 0 Å². The molecule has 2 fully saturated rings. The van der Waals surface area contributed by atoms with Crippen molar-refractivity contribution in [3.8, 4) is 6.01 Å². The van der Waals surface area contributed by atoms with Crippen molar-refractivity contribution in [3.63, 3.8) is 0 Å². The van der Waals surface area contributed by atoms with Gasteiger partial charge in [-0.2, -0.15) is 9.97 Å². The number of piperazine rings is 1. The maximum absolute atomic E-state index is 14.0. The number of aromatic amines is 1. The lowest BCUT2D eigenvalue weighted by Gasteiger charge is -2.38. The Kier molecular flexibility index (Phi) is 7.28. The van der Waals surface area contributed by atoms with Crippen molar-refractivity contribution in [3.05, 3.63) is 53.1 Å². The molecular weight excluding hydrogens is 547 g/mol. The largest absolute Gasteiger partial charge is 0.462 e. The zero-order valence-corrected chi connectivity index (χ0v) is 24.2. The van der Waals surface area contributed by atoms with Crippen LogP contribution in [0.1, 0.15) is 28.8 Å². The highest BCUT2D eigenvalue weighted by Crippen LogP contribution is 2.38. The molecule has 1 amide bonds. The minimum absolute atomic E-state index is 0.0515. The van der Waals surface area contributed by atoms with Crippen LogP contribution in [-0.4, -0.2) is 95.5 Å². The normalized spacial score (nSPS) is 20.7. The van der Waals surface area contributed by atoms with Crippen molar-refractivity contribution in [2.45, 2.75) is 45.2 Å². The number of halogens is 3. The molecule has 224 valence electrons. The van der Waals surface area contributed by atoms with E-state index in [9.17, 15) is 18.0 Å². The van der Waals surface area contributed by atoms with Gasteiger partial charge >= 0.3 is 6.01 Å². The molecule has 5 heterocycles. The number of H-pyrrole nitrogens is 1. The Morgan fingerprint density at radius 1 is 1.17 bits per heavy atom. The number of anilines is 2. The number of carbonyl (C=O) groups excluding carboxylic acids is 1. The van der Waals surface area contributed by atoms with Crippen LogP contribution in [0.4, 0.5) is 24.7 Å². The molecular formula is C30H36F3N7O2. The minimum Gasteiger partial charge on any atom is -0.462 e. The minimum atomic E-state index is -2.75. The first-order chi connectivity index (χ1) is 20.0. The fourth-order valence-corrected chi connectivity index (χ4v) is 6.44. The number of alkyl halides is 2. The number of carbonyl (C=O) groups is 1. The summed E-state index contributed by atoms with van der Waals surface area (Å²) in [5.41, 5.74) is 6.47. The van der Waals surface area contributed by atoms with Gasteiger partial charge in [0.05, 0.1) is 18.8 Å². The van der Waals surface area contributed by atoms with Crippen LogP contribution in [0.25, 0.3) is 10.9 Å². The van der Waals surface area contributed by atoms with E-state index in [0.29, 0.717) is 39.1 Å². The Morgan fingerprint density at radius 3 is 2.62 bits per heavy atom. The number of likely N-dealkylation sites (N-methyl/N-ethyl adjacent to an activating group) is 1. The van der Waals surface area contributed by atoms with Crippen molar-refractivity contribution >= 4 is 28.3 Å². The number of benzene rings is 1. The summed E-state index contributed by atoms with van der Waals surface area (Å²) in [6.07, 6.45) is 2.37. The number of amides is 1. The number of ether oxygens (including phenoxy) is 1. The highest BCUT2D eigenvalue weighted by molar-refractivity contribution is 5.95. The van der Waals surface area contributed by atoms with Crippen molar-refractivity contribution in [1.29, 1.82) is 0 Å². The first-order valence-electron chi connectivity index (χ1n) is 14.3. The molecule has 0 radical (unpaired) electrons. The number of nitrogens with one attached hydrogen (secondary N) is 1. The van der Waals surface area contributed by atoms with Gasteiger partial charge in [0.1, 0.15) is 12.4 Å². The van der Waals surface area contributed by atoms with Crippen molar-refractivity contribution < 1.29 is 22.7 Å². The Morgan fingerprint density at radius 2 is 1.93 bits per heavy atom. The molecule has 0 spiro atoms. The number of fused-ring (bicyclic) bond motifs is 2. The van der Waals surface area contributed by atoms with Crippen LogP contribution in [0.2, 0.25) is 0 Å². The third-order valence-electron chi connectivity index (χ3n) is 8.82. The summed E-state index contributed by atoms with van der Waals surface area (Å²) < 4.78 is 47.5. The smallest absolute Gasteiger partial charge is 0.318 e. The van der Waals surface area contributed by atoms with E-state index in [4.69, 9.17) is 14.7 Å². The van der Waals surface area contributed by atoms with Crippen LogP contribution < -0.4 is 14.5 Å². The lowest BCUT2D eigenvalue weighted by molar-refractivity contribution is -0.128. The van der Waals surface area contributed by atoms with E-state index >= 15 is 0 Å². The molecule has 12 heteroatoms. The number of aryl methyl sites for hydroxylation is 1. The summed E-state index contributed by atoms with van der Waals surface area (Å²) in [6, 6.07) is 3.95. The number of likely N-dealkylation sites (tertiary alicyclic amines) is 1. The molecule has 1 N–H and O–H groups in total. The van der Waals surface area contributed by atoms with Gasteiger partial charge in [-0.05, 0) is 50.6 Å². The summed E-state index contributed by atoms with van der Waals surface area (Å²) in [5, 5.41) is 1.15. The van der Waals surface area contributed by atoms with Gasteiger partial charge in [-0.25, -0.2) is 13.2 Å². The quantitative estimate of drug-likeness (QED) is 0.440. The maximum atomic E-state index is 14.0. The maximum Gasteiger partial charge on any atom is 0.318 e. The molecule has 3 aliphatic rings. The Balaban J connectivity index is 1.31. The van der Waals surface area contributed by atoms with Gasteiger partial charge < -0.3 is 24.4 Å². The van der Waals surface area contributed by atoms with Gasteiger partial charge in [0.2, 0.25) is 0 Å². The third kappa shape index (κ3) is 5.28. The van der Waals surface area contributed by atoms with E-state index in [2.05, 4.69) is 47.3 Å². The monoisotopic (exact) mass is 583 g/mol. The van der Waals surface area contributed by atoms with Gasteiger partial charge in [0, 0.05) is 73.5 Å². The number of aromatic nitrogens is 3. The molecule has 2 aromatic heterocycles. The molecule has 3 aliphatic heterocycles. The lowest BCUT2D eigenvalue weighted by atomic mass is 9.99. The highest BCUT2D eigenvalue weighted by atomic mass is 19.3. The molecule has 6 rings (SSSR count). The fourth-order valence-electron chi connectivity index (χ4n) is 6.44. The summed E-state index contributed by atoms with van der Waals surface area (Å²) >= 11 is 0. The summed E-state index contributed by atoms with van der Waals surface area (Å²) in [6.45, 7) is 10.0. The number of nitrogens with zero attached hydrogens (tertiary/aromatic N) is 6. The van der Waals surface area contributed by atoms with Crippen LogP contribution >= 0.6 is 0 Å². The molecule has 9 nitrogen and oxygen atoms in total. The number of hydrogen-bond donors (Lipinski definition) is 1. The van der Waals surface area contributed by atoms with E-state index in [1.54, 1.807) is 11.9 Å². The molecule has 1 atom stereocenters. The summed E-state index contributed by atoms with van der Waals surface area (Å²) in [7, 11) is 1.67. The second kappa shape index (κ2) is 10.8. The first-order valence-corrected chi connectivity index (χ1v) is 14.3. The Bertz CT molecular complexity index is 1530. The summed E-state index contributed by atoms with van der Waals surface area (Å²) in [5.74, 6) is -3.69. The zero-order valence-electron chi connectivity index (χ0n) is 24.2. The molecule has 2 saturated heterocycles. The second-order valence-electron chi connectivity index (χ2n) is 11.7. The van der Waals surface area contributed by atoms with Gasteiger partial charge in [-0.1, -0.05) is 6.58 Å². The molecule has 42 heavy (non-hydrogen) atoms. The second-order valence-corrected chi connectivity index (χ2v) is 11.7. The Hall–Kier alpha value is -3.80. The van der Waals surface area contributed by atoms with Crippen LogP contribution in [0.3, 0.4) is 0 Å². The van der Waals surface area contributed by atoms with Crippen molar-refractivity contribution in [1.82, 2.24) is 24.8 Å². The van der Waals surface area contributed by atoms with E-state index in [1.165, 1.54) is 16.0 Å². The molecule has 0 bridgehead atoms. The van der Waals surface area contributed by atoms with Gasteiger partial charge in [0.15, 0.2) is 5.83 Å². The zero-order chi connectivity index (χ0) is 29.8. The van der Waals surface area contributed by atoms with Crippen molar-refractivity contribution in [2.75, 3.05) is 62.7 Å². The van der Waals surface area contributed by atoms with Crippen LogP contribution in [-0.2, 0) is 17.8 Å². The van der Waals surface area contributed by atoms with Gasteiger partial charge in [-0.3, -0.25) is 9.69 Å². The highest BCUT2D eigenvalue weighted by Gasteiger charge is 2.43. The number of hydrogen-bond acceptors (Lipinski definition) is 7. The lowest BCUT2D eigenvalue weighted by Crippen LogP contribution is -2.49. The standard InChI is InChI=1S/C30H36F3N7O2/c1-18-13-24-22(5-7-34-24)26(19(18)2)40-8-6-23-25(15-40)35-29(42-16-21-14-30(32,33)17-37(21)4)36-27(23)38-9-11-39(12-10-38)28(41)20(3)31/h5,7,13,21,34H,3,6,8-12,14-17H2,1-2,4H3/t21-/m0/s1. The SMILES string of the molecule is C=C(F)C(=O)N1CCN(c2nc(OC[C@@H]3CC(F)(F)CN3C)nc3c2CCN(c2c(C)c(C)cc4[nH]ccc24)C3)CC1. The van der Waals surface area contributed by atoms with E-state index in [0.717, 1.165) is 40.2 Å². The van der Waals surface area contributed by atoms with Crippen LogP contribution in [0.5, 0.6) is 6.01 Å². The van der Waals surface area contributed by atoms with Crippen molar-refractivity contribution in [2.24, 2.45) is 0 Å². The van der Waals surface area contributed by atoms with Crippen LogP contribution in [0, 0.1) is 13.8 Å². The predicted molar refractivity (Wildman–Crippen MR) is 155 cm³/mol. The fraction of sp³-hybridized carbons (Fsp3) is 0.500.